The van der Waals surface area contributed by atoms with Crippen LogP contribution in [-0.2, 0) is 11.3 Å². The van der Waals surface area contributed by atoms with E-state index in [-0.39, 0.29) is 11.9 Å². The van der Waals surface area contributed by atoms with E-state index in [1.807, 2.05) is 23.1 Å². The van der Waals surface area contributed by atoms with Crippen LogP contribution in [0.1, 0.15) is 30.3 Å². The van der Waals surface area contributed by atoms with Crippen molar-refractivity contribution in [1.29, 1.82) is 0 Å². The van der Waals surface area contributed by atoms with E-state index < -0.39 is 0 Å². The molecule has 1 amide bonds. The summed E-state index contributed by atoms with van der Waals surface area (Å²) < 4.78 is 2.88. The smallest absolute Gasteiger partial charge is 0.225 e. The van der Waals surface area contributed by atoms with Gasteiger partial charge >= 0.3 is 0 Å². The van der Waals surface area contributed by atoms with Crippen LogP contribution in [0.15, 0.2) is 36.9 Å². The predicted octanol–water partition coefficient (Wildman–Crippen LogP) is 2.64. The van der Waals surface area contributed by atoms with E-state index in [2.05, 4.69) is 16.1 Å². The van der Waals surface area contributed by atoms with Gasteiger partial charge in [0.25, 0.3) is 0 Å². The average Bonchev–Trinajstić information content (AvgIpc) is 3.31. The number of nitrogens with zero attached hydrogens (tertiary/aromatic N) is 5. The first-order chi connectivity index (χ1) is 11.3. The summed E-state index contributed by atoms with van der Waals surface area (Å²) in [6, 6.07) is 8.26. The van der Waals surface area contributed by atoms with E-state index >= 15 is 0 Å². The van der Waals surface area contributed by atoms with Crippen LogP contribution in [0.5, 0.6) is 0 Å². The highest BCUT2D eigenvalue weighted by Gasteiger charge is 2.31. The molecule has 23 heavy (non-hydrogen) atoms. The Morgan fingerprint density at radius 3 is 3.09 bits per heavy atom. The molecule has 1 saturated heterocycles. The molecule has 1 atom stereocenters. The summed E-state index contributed by atoms with van der Waals surface area (Å²) in [7, 11) is 0. The maximum Gasteiger partial charge on any atom is 0.225 e. The lowest BCUT2D eigenvalue weighted by Crippen LogP contribution is -2.31. The van der Waals surface area contributed by atoms with Crippen LogP contribution in [0.3, 0.4) is 0 Å². The van der Waals surface area contributed by atoms with Gasteiger partial charge in [-0.3, -0.25) is 9.48 Å². The fourth-order valence-electron chi connectivity index (χ4n) is 3.06. The molecule has 1 aromatic carbocycles. The van der Waals surface area contributed by atoms with Gasteiger partial charge < -0.3 is 4.90 Å². The Hall–Kier alpha value is -2.28. The highest BCUT2D eigenvalue weighted by Crippen LogP contribution is 2.36. The Labute approximate surface area is 137 Å². The molecule has 0 N–H and O–H groups in total. The lowest BCUT2D eigenvalue weighted by molar-refractivity contribution is -0.132. The minimum Gasteiger partial charge on any atom is -0.333 e. The number of hydrogen-bond acceptors (Lipinski definition) is 5. The van der Waals surface area contributed by atoms with Crippen LogP contribution in [-0.4, -0.2) is 37.1 Å². The molecule has 3 heterocycles. The third kappa shape index (κ3) is 2.84. The van der Waals surface area contributed by atoms with Gasteiger partial charge in [0.05, 0.1) is 22.8 Å². The number of benzene rings is 1. The normalized spacial score (nSPS) is 17.9. The predicted molar refractivity (Wildman–Crippen MR) is 87.9 cm³/mol. The second kappa shape index (κ2) is 6.08. The number of aromatic nitrogens is 4. The molecule has 1 fully saturated rings. The Bertz CT molecular complexity index is 780. The summed E-state index contributed by atoms with van der Waals surface area (Å²) >= 11 is 1.70. The van der Waals surface area contributed by atoms with E-state index in [9.17, 15) is 4.79 Å². The molecular weight excluding hydrogens is 310 g/mol. The first kappa shape index (κ1) is 14.3. The van der Waals surface area contributed by atoms with Crippen LogP contribution in [0.4, 0.5) is 0 Å². The highest BCUT2D eigenvalue weighted by atomic mass is 32.1. The lowest BCUT2D eigenvalue weighted by atomic mass is 10.2. The summed E-state index contributed by atoms with van der Waals surface area (Å²) in [5.41, 5.74) is 1.02. The van der Waals surface area contributed by atoms with Gasteiger partial charge in [-0.15, -0.1) is 11.3 Å². The molecule has 6 nitrogen and oxygen atoms in total. The van der Waals surface area contributed by atoms with Gasteiger partial charge in [0.15, 0.2) is 0 Å². The zero-order valence-electron chi connectivity index (χ0n) is 12.6. The molecule has 0 radical (unpaired) electrons. The van der Waals surface area contributed by atoms with Gasteiger partial charge in [0, 0.05) is 13.0 Å². The first-order valence-electron chi connectivity index (χ1n) is 7.78. The van der Waals surface area contributed by atoms with Crippen molar-refractivity contribution in [1.82, 2.24) is 24.6 Å². The molecule has 0 aliphatic carbocycles. The average molecular weight is 327 g/mol. The number of aryl methyl sites for hydroxylation is 1. The molecule has 1 aliphatic rings. The van der Waals surface area contributed by atoms with Gasteiger partial charge in [-0.25, -0.2) is 9.97 Å². The summed E-state index contributed by atoms with van der Waals surface area (Å²) in [6.07, 6.45) is 5.61. The molecule has 2 aromatic heterocycles. The molecule has 3 aromatic rings. The van der Waals surface area contributed by atoms with Crippen molar-refractivity contribution in [2.24, 2.45) is 0 Å². The molecule has 0 bridgehead atoms. The minimum absolute atomic E-state index is 0.121. The van der Waals surface area contributed by atoms with E-state index in [0.717, 1.165) is 29.9 Å². The van der Waals surface area contributed by atoms with Gasteiger partial charge in [0.2, 0.25) is 5.91 Å². The largest absolute Gasteiger partial charge is 0.333 e. The molecule has 0 spiro atoms. The van der Waals surface area contributed by atoms with Crippen LogP contribution < -0.4 is 0 Å². The molecule has 4 rings (SSSR count). The summed E-state index contributed by atoms with van der Waals surface area (Å²) in [4.78, 5) is 23.2. The summed E-state index contributed by atoms with van der Waals surface area (Å²) in [5, 5.41) is 5.10. The molecule has 1 aliphatic heterocycles. The molecule has 7 heteroatoms. The van der Waals surface area contributed by atoms with E-state index in [1.54, 1.807) is 22.3 Å². The summed E-state index contributed by atoms with van der Waals surface area (Å²) in [6.45, 7) is 1.39. The quantitative estimate of drug-likeness (QED) is 0.739. The van der Waals surface area contributed by atoms with Crippen LogP contribution in [0.2, 0.25) is 0 Å². The number of likely N-dealkylation sites (tertiary alicyclic amines) is 1. The molecular formula is C16H17N5OS. The second-order valence-electron chi connectivity index (χ2n) is 5.67. The summed E-state index contributed by atoms with van der Waals surface area (Å²) in [5.74, 6) is 0.169. The monoisotopic (exact) mass is 327 g/mol. The molecule has 118 valence electrons. The molecule has 0 unspecified atom stereocenters. The van der Waals surface area contributed by atoms with Gasteiger partial charge in [-0.2, -0.15) is 5.10 Å². The molecule has 0 saturated carbocycles. The number of amides is 1. The number of carbonyl (C=O) groups is 1. The second-order valence-corrected chi connectivity index (χ2v) is 6.74. The zero-order valence-corrected chi connectivity index (χ0v) is 13.4. The van der Waals surface area contributed by atoms with Crippen LogP contribution >= 0.6 is 11.3 Å². The van der Waals surface area contributed by atoms with E-state index in [1.165, 1.54) is 11.0 Å². The number of thiazole rings is 1. The fraction of sp³-hybridized carbons (Fsp3) is 0.375. The zero-order chi connectivity index (χ0) is 15.6. The van der Waals surface area contributed by atoms with E-state index in [0.29, 0.717) is 13.0 Å². The third-order valence-electron chi connectivity index (χ3n) is 4.19. The van der Waals surface area contributed by atoms with Crippen LogP contribution in [0, 0.1) is 0 Å². The van der Waals surface area contributed by atoms with Crippen LogP contribution in [0.25, 0.3) is 10.2 Å². The van der Waals surface area contributed by atoms with E-state index in [4.69, 9.17) is 4.98 Å². The number of fused-ring (bicyclic) bond motifs is 1. The number of hydrogen-bond donors (Lipinski definition) is 0. The lowest BCUT2D eigenvalue weighted by Gasteiger charge is -2.23. The standard InChI is InChI=1S/C16H17N5OS/c22-15(7-9-20-11-17-10-18-20)21-8-3-5-13(21)16-19-12-4-1-2-6-14(12)23-16/h1-2,4,6,10-11,13H,3,5,7-9H2/t13-/m1/s1. The Balaban J connectivity index is 1.50. The van der Waals surface area contributed by atoms with Gasteiger partial charge in [-0.05, 0) is 25.0 Å². The Kier molecular flexibility index (Phi) is 3.78. The van der Waals surface area contributed by atoms with Crippen molar-refractivity contribution in [3.05, 3.63) is 41.9 Å². The number of rotatable bonds is 4. The SMILES string of the molecule is O=C(CCn1cncn1)N1CCC[C@@H]1c1nc2ccccc2s1. The van der Waals surface area contributed by atoms with Crippen molar-refractivity contribution in [3.63, 3.8) is 0 Å². The van der Waals surface area contributed by atoms with Crippen molar-refractivity contribution in [3.8, 4) is 0 Å². The third-order valence-corrected chi connectivity index (χ3v) is 5.33. The topological polar surface area (TPSA) is 63.9 Å². The number of para-hydroxylation sites is 1. The van der Waals surface area contributed by atoms with Crippen molar-refractivity contribution in [2.45, 2.75) is 31.8 Å². The van der Waals surface area contributed by atoms with Crippen molar-refractivity contribution < 1.29 is 4.79 Å². The Morgan fingerprint density at radius 1 is 1.35 bits per heavy atom. The Morgan fingerprint density at radius 2 is 2.26 bits per heavy atom. The number of carbonyl (C=O) groups excluding carboxylic acids is 1. The first-order valence-corrected chi connectivity index (χ1v) is 8.60. The fourth-order valence-corrected chi connectivity index (χ4v) is 4.17. The van der Waals surface area contributed by atoms with Crippen molar-refractivity contribution in [2.75, 3.05) is 6.54 Å². The van der Waals surface area contributed by atoms with Gasteiger partial charge in [0.1, 0.15) is 17.7 Å². The highest BCUT2D eigenvalue weighted by molar-refractivity contribution is 7.18. The van der Waals surface area contributed by atoms with Gasteiger partial charge in [-0.1, -0.05) is 12.1 Å². The minimum atomic E-state index is 0.121. The van der Waals surface area contributed by atoms with Crippen molar-refractivity contribution >= 4 is 27.5 Å². The maximum absolute atomic E-state index is 12.6. The maximum atomic E-state index is 12.6.